The summed E-state index contributed by atoms with van der Waals surface area (Å²) in [5.74, 6) is -0.0982. The lowest BCUT2D eigenvalue weighted by molar-refractivity contribution is -0.0524. The lowest BCUT2D eigenvalue weighted by atomic mass is 10.0. The van der Waals surface area contributed by atoms with Gasteiger partial charge in [-0.15, -0.1) is 11.3 Å². The molecule has 1 aromatic rings. The van der Waals surface area contributed by atoms with Crippen molar-refractivity contribution >= 4 is 17.2 Å². The van der Waals surface area contributed by atoms with Crippen molar-refractivity contribution in [1.82, 2.24) is 14.8 Å². The molecule has 1 aromatic heterocycles. The number of carbonyl (C=O) groups is 1. The molecule has 6 nitrogen and oxygen atoms in total. The van der Waals surface area contributed by atoms with Crippen LogP contribution < -0.4 is 0 Å². The van der Waals surface area contributed by atoms with E-state index in [1.54, 1.807) is 4.90 Å². The molecule has 3 rings (SSSR count). The van der Waals surface area contributed by atoms with Crippen molar-refractivity contribution in [2.24, 2.45) is 0 Å². The fourth-order valence-corrected chi connectivity index (χ4v) is 4.32. The first-order valence-corrected chi connectivity index (χ1v) is 9.74. The van der Waals surface area contributed by atoms with Crippen molar-refractivity contribution < 1.29 is 14.6 Å². The number of carbonyl (C=O) groups excluding carboxylic acids is 1. The molecule has 0 saturated carbocycles. The zero-order chi connectivity index (χ0) is 17.0. The predicted molar refractivity (Wildman–Crippen MR) is 93.5 cm³/mol. The van der Waals surface area contributed by atoms with Crippen molar-refractivity contribution in [3.8, 4) is 0 Å². The normalized spacial score (nSPS) is 25.8. The van der Waals surface area contributed by atoms with Crippen molar-refractivity contribution in [2.75, 3.05) is 45.9 Å². The van der Waals surface area contributed by atoms with Gasteiger partial charge >= 0.3 is 0 Å². The highest BCUT2D eigenvalue weighted by Gasteiger charge is 2.37. The van der Waals surface area contributed by atoms with Gasteiger partial charge in [0, 0.05) is 18.5 Å². The molecule has 7 heteroatoms. The molecule has 0 bridgehead atoms. The van der Waals surface area contributed by atoms with Gasteiger partial charge in [0.15, 0.2) is 0 Å². The fourth-order valence-electron chi connectivity index (χ4n) is 3.44. The SMILES string of the molecule is CCCc1nc(C(=O)N2CCOC[C@](O)(CN3CCCC3)C2)cs1. The molecule has 0 unspecified atom stereocenters. The number of hydrogen-bond donors (Lipinski definition) is 1. The zero-order valence-electron chi connectivity index (χ0n) is 14.4. The molecule has 2 saturated heterocycles. The second-order valence-electron chi connectivity index (χ2n) is 6.86. The highest BCUT2D eigenvalue weighted by Crippen LogP contribution is 2.20. The molecular formula is C17H27N3O3S. The third kappa shape index (κ3) is 4.33. The van der Waals surface area contributed by atoms with Gasteiger partial charge in [-0.2, -0.15) is 0 Å². The van der Waals surface area contributed by atoms with E-state index in [-0.39, 0.29) is 12.5 Å². The molecule has 134 valence electrons. The van der Waals surface area contributed by atoms with Crippen LogP contribution in [-0.4, -0.2) is 77.3 Å². The first-order valence-electron chi connectivity index (χ1n) is 8.86. The smallest absolute Gasteiger partial charge is 0.273 e. The Hall–Kier alpha value is -1.02. The molecule has 2 aliphatic rings. The number of β-amino-alcohol motifs (C(OH)–C–C–N with tert-alkyl or cyclic N) is 1. The number of aliphatic hydroxyl groups is 1. The number of aromatic nitrogens is 1. The maximum Gasteiger partial charge on any atom is 0.273 e. The molecule has 1 amide bonds. The van der Waals surface area contributed by atoms with Crippen LogP contribution in [0.4, 0.5) is 0 Å². The van der Waals surface area contributed by atoms with E-state index >= 15 is 0 Å². The third-order valence-corrected chi connectivity index (χ3v) is 5.51. The Morgan fingerprint density at radius 3 is 2.96 bits per heavy atom. The minimum Gasteiger partial charge on any atom is -0.384 e. The number of rotatable bonds is 5. The summed E-state index contributed by atoms with van der Waals surface area (Å²) < 4.78 is 5.59. The van der Waals surface area contributed by atoms with Crippen molar-refractivity contribution in [1.29, 1.82) is 0 Å². The minimum absolute atomic E-state index is 0.0982. The van der Waals surface area contributed by atoms with Gasteiger partial charge in [0.1, 0.15) is 11.3 Å². The highest BCUT2D eigenvalue weighted by atomic mass is 32.1. The molecule has 3 heterocycles. The van der Waals surface area contributed by atoms with E-state index in [2.05, 4.69) is 16.8 Å². The van der Waals surface area contributed by atoms with Crippen LogP contribution in [-0.2, 0) is 11.2 Å². The molecule has 0 spiro atoms. The monoisotopic (exact) mass is 353 g/mol. The predicted octanol–water partition coefficient (Wildman–Crippen LogP) is 1.39. The van der Waals surface area contributed by atoms with Gasteiger partial charge in [0.05, 0.1) is 24.8 Å². The van der Waals surface area contributed by atoms with Gasteiger partial charge in [0.25, 0.3) is 5.91 Å². The maximum absolute atomic E-state index is 12.8. The molecule has 2 fully saturated rings. The van der Waals surface area contributed by atoms with E-state index in [0.29, 0.717) is 31.9 Å². The van der Waals surface area contributed by atoms with Crippen LogP contribution >= 0.6 is 11.3 Å². The van der Waals surface area contributed by atoms with Crippen LogP contribution in [0.25, 0.3) is 0 Å². The summed E-state index contributed by atoms with van der Waals surface area (Å²) in [6, 6.07) is 0. The van der Waals surface area contributed by atoms with Crippen LogP contribution in [0.1, 0.15) is 41.7 Å². The van der Waals surface area contributed by atoms with Gasteiger partial charge in [-0.05, 0) is 38.8 Å². The molecule has 1 atom stereocenters. The van der Waals surface area contributed by atoms with E-state index in [1.807, 2.05) is 5.38 Å². The summed E-state index contributed by atoms with van der Waals surface area (Å²) in [5, 5.41) is 13.8. The third-order valence-electron chi connectivity index (χ3n) is 4.60. The number of ether oxygens (including phenoxy) is 1. The van der Waals surface area contributed by atoms with E-state index in [4.69, 9.17) is 4.74 Å². The summed E-state index contributed by atoms with van der Waals surface area (Å²) in [5.41, 5.74) is -0.507. The largest absolute Gasteiger partial charge is 0.384 e. The van der Waals surface area contributed by atoms with Crippen molar-refractivity contribution in [3.05, 3.63) is 16.1 Å². The molecule has 0 aliphatic carbocycles. The van der Waals surface area contributed by atoms with Crippen LogP contribution in [0, 0.1) is 0 Å². The number of likely N-dealkylation sites (tertiary alicyclic amines) is 1. The van der Waals surface area contributed by atoms with Gasteiger partial charge < -0.3 is 19.6 Å². The fraction of sp³-hybridized carbons (Fsp3) is 0.765. The number of thiazole rings is 1. The Morgan fingerprint density at radius 2 is 2.21 bits per heavy atom. The quantitative estimate of drug-likeness (QED) is 0.867. The first kappa shape index (κ1) is 17.8. The lowest BCUT2D eigenvalue weighted by Gasteiger charge is -2.33. The average molecular weight is 353 g/mol. The van der Waals surface area contributed by atoms with E-state index in [9.17, 15) is 9.90 Å². The van der Waals surface area contributed by atoms with Crippen molar-refractivity contribution in [2.45, 2.75) is 38.2 Å². The van der Waals surface area contributed by atoms with Crippen LogP contribution in [0.3, 0.4) is 0 Å². The van der Waals surface area contributed by atoms with Crippen LogP contribution in [0.5, 0.6) is 0 Å². The molecule has 0 aromatic carbocycles. The number of amides is 1. The van der Waals surface area contributed by atoms with E-state index < -0.39 is 5.60 Å². The second-order valence-corrected chi connectivity index (χ2v) is 7.81. The molecular weight excluding hydrogens is 326 g/mol. The standard InChI is InChI=1S/C17H27N3O3S/c1-2-5-15-18-14(10-24-15)16(21)20-8-9-23-13-17(22,12-20)11-19-6-3-4-7-19/h10,22H,2-9,11-13H2,1H3/t17-/m0/s1. The molecule has 2 aliphatic heterocycles. The Morgan fingerprint density at radius 1 is 1.42 bits per heavy atom. The maximum atomic E-state index is 12.8. The van der Waals surface area contributed by atoms with Gasteiger partial charge in [-0.25, -0.2) is 4.98 Å². The van der Waals surface area contributed by atoms with E-state index in [1.165, 1.54) is 24.2 Å². The number of aryl methyl sites for hydroxylation is 1. The summed E-state index contributed by atoms with van der Waals surface area (Å²) >= 11 is 1.54. The Labute approximate surface area is 147 Å². The van der Waals surface area contributed by atoms with Crippen LogP contribution in [0.2, 0.25) is 0 Å². The summed E-state index contributed by atoms with van der Waals surface area (Å²) in [6.45, 7) is 6.25. The van der Waals surface area contributed by atoms with Crippen molar-refractivity contribution in [3.63, 3.8) is 0 Å². The number of hydrogen-bond acceptors (Lipinski definition) is 6. The van der Waals surface area contributed by atoms with Gasteiger partial charge in [-0.3, -0.25) is 4.79 Å². The lowest BCUT2D eigenvalue weighted by Crippen LogP contribution is -2.53. The Kier molecular flexibility index (Phi) is 5.86. The minimum atomic E-state index is -1.00. The second kappa shape index (κ2) is 7.91. The van der Waals surface area contributed by atoms with Gasteiger partial charge in [0.2, 0.25) is 0 Å². The summed E-state index contributed by atoms with van der Waals surface area (Å²) in [7, 11) is 0. The topological polar surface area (TPSA) is 65.9 Å². The molecule has 0 radical (unpaired) electrons. The van der Waals surface area contributed by atoms with Gasteiger partial charge in [-0.1, -0.05) is 6.92 Å². The molecule has 24 heavy (non-hydrogen) atoms. The first-order chi connectivity index (χ1) is 11.6. The summed E-state index contributed by atoms with van der Waals surface area (Å²) in [4.78, 5) is 21.2. The van der Waals surface area contributed by atoms with E-state index in [0.717, 1.165) is 30.9 Å². The Bertz CT molecular complexity index is 559. The summed E-state index contributed by atoms with van der Waals surface area (Å²) in [6.07, 6.45) is 4.28. The average Bonchev–Trinajstić information content (AvgIpc) is 3.18. The Balaban J connectivity index is 1.67. The van der Waals surface area contributed by atoms with Crippen LogP contribution in [0.15, 0.2) is 5.38 Å². The molecule has 1 N–H and O–H groups in total. The number of nitrogens with zero attached hydrogens (tertiary/aromatic N) is 3. The zero-order valence-corrected chi connectivity index (χ0v) is 15.2. The highest BCUT2D eigenvalue weighted by molar-refractivity contribution is 7.09.